The lowest BCUT2D eigenvalue weighted by atomic mass is 10.2. The number of benzene rings is 1. The van der Waals surface area contributed by atoms with Gasteiger partial charge in [-0.1, -0.05) is 24.6 Å². The lowest BCUT2D eigenvalue weighted by Crippen LogP contribution is -2.49. The SMILES string of the molecule is CCc1ccc(S(=O)(=O)N2CCN(c3nc(C)cc(Nc4ccc(C)cc4)n3)CC2)s1. The molecule has 0 bridgehead atoms. The first-order valence-electron chi connectivity index (χ1n) is 10.4. The predicted octanol–water partition coefficient (Wildman–Crippen LogP) is 3.97. The summed E-state index contributed by atoms with van der Waals surface area (Å²) in [4.78, 5) is 12.4. The van der Waals surface area contributed by atoms with E-state index in [-0.39, 0.29) is 0 Å². The summed E-state index contributed by atoms with van der Waals surface area (Å²) in [5.41, 5.74) is 3.03. The van der Waals surface area contributed by atoms with Gasteiger partial charge in [0.25, 0.3) is 10.0 Å². The van der Waals surface area contributed by atoms with Crippen molar-refractivity contribution in [1.82, 2.24) is 14.3 Å². The third-order valence-corrected chi connectivity index (χ3v) is 8.86. The third kappa shape index (κ3) is 4.89. The number of nitrogens with zero attached hydrogens (tertiary/aromatic N) is 4. The number of nitrogens with one attached hydrogen (secondary N) is 1. The normalized spacial score (nSPS) is 15.3. The van der Waals surface area contributed by atoms with Gasteiger partial charge in [0.2, 0.25) is 5.95 Å². The van der Waals surface area contributed by atoms with Crippen molar-refractivity contribution >= 4 is 38.8 Å². The maximum Gasteiger partial charge on any atom is 0.252 e. The number of sulfonamides is 1. The molecule has 9 heteroatoms. The topological polar surface area (TPSA) is 78.4 Å². The molecule has 0 unspecified atom stereocenters. The van der Waals surface area contributed by atoms with Gasteiger partial charge in [0.05, 0.1) is 0 Å². The summed E-state index contributed by atoms with van der Waals surface area (Å²) >= 11 is 1.36. The van der Waals surface area contributed by atoms with E-state index >= 15 is 0 Å². The largest absolute Gasteiger partial charge is 0.340 e. The van der Waals surface area contributed by atoms with Gasteiger partial charge in [-0.05, 0) is 44.5 Å². The van der Waals surface area contributed by atoms with Gasteiger partial charge >= 0.3 is 0 Å². The monoisotopic (exact) mass is 457 g/mol. The lowest BCUT2D eigenvalue weighted by Gasteiger charge is -2.33. The first-order valence-corrected chi connectivity index (χ1v) is 12.6. The zero-order valence-corrected chi connectivity index (χ0v) is 19.6. The molecule has 4 rings (SSSR count). The first-order chi connectivity index (χ1) is 14.8. The minimum Gasteiger partial charge on any atom is -0.340 e. The molecular weight excluding hydrogens is 430 g/mol. The lowest BCUT2D eigenvalue weighted by molar-refractivity contribution is 0.383. The Balaban J connectivity index is 1.46. The third-order valence-electron chi connectivity index (χ3n) is 5.27. The Morgan fingerprint density at radius 2 is 1.71 bits per heavy atom. The molecule has 164 valence electrons. The Kier molecular flexibility index (Phi) is 6.27. The predicted molar refractivity (Wildman–Crippen MR) is 126 cm³/mol. The van der Waals surface area contributed by atoms with E-state index in [0.717, 1.165) is 28.5 Å². The molecule has 0 amide bonds. The second-order valence-corrected chi connectivity index (χ2v) is 11.0. The van der Waals surface area contributed by atoms with Crippen LogP contribution in [-0.4, -0.2) is 48.9 Å². The van der Waals surface area contributed by atoms with Crippen molar-refractivity contribution in [2.24, 2.45) is 0 Å². The summed E-state index contributed by atoms with van der Waals surface area (Å²) in [7, 11) is -3.45. The number of thiophene rings is 1. The van der Waals surface area contributed by atoms with E-state index in [1.807, 2.05) is 55.1 Å². The molecule has 0 aliphatic carbocycles. The van der Waals surface area contributed by atoms with E-state index < -0.39 is 10.0 Å². The van der Waals surface area contributed by atoms with Crippen molar-refractivity contribution in [2.75, 3.05) is 36.4 Å². The van der Waals surface area contributed by atoms with Crippen LogP contribution in [-0.2, 0) is 16.4 Å². The van der Waals surface area contributed by atoms with Crippen LogP contribution in [0.25, 0.3) is 0 Å². The summed E-state index contributed by atoms with van der Waals surface area (Å²) in [6.07, 6.45) is 0.845. The number of rotatable bonds is 6. The van der Waals surface area contributed by atoms with E-state index in [1.54, 1.807) is 10.4 Å². The second kappa shape index (κ2) is 8.94. The molecule has 1 fully saturated rings. The van der Waals surface area contributed by atoms with Gasteiger partial charge in [-0.25, -0.2) is 13.4 Å². The minimum atomic E-state index is -3.45. The Labute approximate surface area is 187 Å². The van der Waals surface area contributed by atoms with Gasteiger partial charge < -0.3 is 10.2 Å². The molecule has 1 N–H and O–H groups in total. The highest BCUT2D eigenvalue weighted by atomic mass is 32.2. The van der Waals surface area contributed by atoms with Crippen LogP contribution in [0.2, 0.25) is 0 Å². The molecule has 0 radical (unpaired) electrons. The van der Waals surface area contributed by atoms with Gasteiger partial charge in [0.1, 0.15) is 10.0 Å². The summed E-state index contributed by atoms with van der Waals surface area (Å²) in [6, 6.07) is 13.7. The average molecular weight is 458 g/mol. The number of aromatic nitrogens is 2. The molecule has 1 aliphatic rings. The fourth-order valence-corrected chi connectivity index (χ4v) is 6.36. The van der Waals surface area contributed by atoms with Crippen molar-refractivity contribution in [3.05, 3.63) is 58.6 Å². The highest BCUT2D eigenvalue weighted by Crippen LogP contribution is 2.27. The number of hydrogen-bond donors (Lipinski definition) is 1. The fourth-order valence-electron chi connectivity index (χ4n) is 3.49. The van der Waals surface area contributed by atoms with E-state index in [4.69, 9.17) is 0 Å². The molecule has 0 atom stereocenters. The zero-order valence-electron chi connectivity index (χ0n) is 18.0. The molecule has 1 aromatic carbocycles. The molecule has 1 aliphatic heterocycles. The Bertz CT molecular complexity index is 1150. The van der Waals surface area contributed by atoms with Gasteiger partial charge in [0, 0.05) is 48.5 Å². The van der Waals surface area contributed by atoms with E-state index in [2.05, 4.69) is 22.2 Å². The fraction of sp³-hybridized carbons (Fsp3) is 0.364. The highest BCUT2D eigenvalue weighted by Gasteiger charge is 2.30. The van der Waals surface area contributed by atoms with Gasteiger partial charge in [-0.3, -0.25) is 0 Å². The van der Waals surface area contributed by atoms with Crippen molar-refractivity contribution in [1.29, 1.82) is 0 Å². The number of aryl methyl sites for hydroxylation is 3. The maximum absolute atomic E-state index is 13.0. The number of anilines is 3. The molecule has 31 heavy (non-hydrogen) atoms. The summed E-state index contributed by atoms with van der Waals surface area (Å²) < 4.78 is 27.9. The molecule has 0 saturated carbocycles. The second-order valence-electron chi connectivity index (χ2n) is 7.65. The van der Waals surface area contributed by atoms with Crippen molar-refractivity contribution < 1.29 is 8.42 Å². The summed E-state index contributed by atoms with van der Waals surface area (Å²) in [6.45, 7) is 7.97. The summed E-state index contributed by atoms with van der Waals surface area (Å²) in [5.74, 6) is 1.35. The van der Waals surface area contributed by atoms with E-state index in [9.17, 15) is 8.42 Å². The average Bonchev–Trinajstić information content (AvgIpc) is 3.25. The van der Waals surface area contributed by atoms with E-state index in [0.29, 0.717) is 36.3 Å². The highest BCUT2D eigenvalue weighted by molar-refractivity contribution is 7.91. The molecular formula is C22H27N5O2S2. The van der Waals surface area contributed by atoms with Crippen molar-refractivity contribution in [3.63, 3.8) is 0 Å². The van der Waals surface area contributed by atoms with Crippen LogP contribution in [0.1, 0.15) is 23.1 Å². The maximum atomic E-state index is 13.0. The van der Waals surface area contributed by atoms with Crippen LogP contribution in [0.5, 0.6) is 0 Å². The molecule has 2 aromatic heterocycles. The molecule has 3 aromatic rings. The Morgan fingerprint density at radius 1 is 1.00 bits per heavy atom. The minimum absolute atomic E-state index is 0.416. The van der Waals surface area contributed by atoms with E-state index in [1.165, 1.54) is 16.9 Å². The molecule has 7 nitrogen and oxygen atoms in total. The van der Waals surface area contributed by atoms with Crippen LogP contribution in [0.3, 0.4) is 0 Å². The van der Waals surface area contributed by atoms with Crippen molar-refractivity contribution in [3.8, 4) is 0 Å². The van der Waals surface area contributed by atoms with Crippen LogP contribution in [0.15, 0.2) is 46.7 Å². The van der Waals surface area contributed by atoms with Gasteiger partial charge in [-0.2, -0.15) is 9.29 Å². The van der Waals surface area contributed by atoms with Gasteiger partial charge in [-0.15, -0.1) is 11.3 Å². The van der Waals surface area contributed by atoms with Crippen LogP contribution < -0.4 is 10.2 Å². The van der Waals surface area contributed by atoms with Crippen molar-refractivity contribution in [2.45, 2.75) is 31.4 Å². The Hall–Kier alpha value is -2.49. The van der Waals surface area contributed by atoms with Crippen LogP contribution in [0, 0.1) is 13.8 Å². The molecule has 1 saturated heterocycles. The zero-order chi connectivity index (χ0) is 22.0. The summed E-state index contributed by atoms with van der Waals surface area (Å²) in [5, 5.41) is 3.33. The smallest absolute Gasteiger partial charge is 0.252 e. The van der Waals surface area contributed by atoms with Gasteiger partial charge in [0.15, 0.2) is 0 Å². The Morgan fingerprint density at radius 3 is 2.35 bits per heavy atom. The van der Waals surface area contributed by atoms with Crippen LogP contribution in [0.4, 0.5) is 17.5 Å². The molecule has 0 spiro atoms. The standard InChI is InChI=1S/C22H27N5O2S2/c1-4-19-9-10-21(30-19)31(28,29)27-13-11-26(12-14-27)22-23-17(3)15-20(25-22)24-18-7-5-16(2)6-8-18/h5-10,15H,4,11-14H2,1-3H3,(H,23,24,25). The molecule has 3 heterocycles. The van der Waals surface area contributed by atoms with Crippen LogP contribution >= 0.6 is 11.3 Å². The number of hydrogen-bond acceptors (Lipinski definition) is 7. The quantitative estimate of drug-likeness (QED) is 0.603. The first kappa shape index (κ1) is 21.7. The number of piperazine rings is 1.